The molecule has 0 aromatic carbocycles. The zero-order chi connectivity index (χ0) is 10.8. The highest BCUT2D eigenvalue weighted by Gasteiger charge is 2.00. The standard InChI is InChI=1S/C10H22N2OS/c1-3-12(4-2)8-5-7-11-10(13)6-9-14/h14H,3-9H2,1-2H3,(H,11,13). The molecule has 0 atom stereocenters. The molecule has 0 aromatic heterocycles. The summed E-state index contributed by atoms with van der Waals surface area (Å²) in [5, 5.41) is 2.87. The predicted octanol–water partition coefficient (Wildman–Crippen LogP) is 1.15. The number of carbonyl (C=O) groups is 1. The minimum Gasteiger partial charge on any atom is -0.356 e. The summed E-state index contributed by atoms with van der Waals surface area (Å²) in [5.74, 6) is 0.738. The highest BCUT2D eigenvalue weighted by Crippen LogP contribution is 1.90. The molecule has 0 radical (unpaired) electrons. The maximum absolute atomic E-state index is 11.1. The van der Waals surface area contributed by atoms with Gasteiger partial charge in [-0.3, -0.25) is 4.79 Å². The Morgan fingerprint density at radius 3 is 2.50 bits per heavy atom. The van der Waals surface area contributed by atoms with Gasteiger partial charge in [-0.15, -0.1) is 0 Å². The quantitative estimate of drug-likeness (QED) is 0.473. The van der Waals surface area contributed by atoms with Crippen LogP contribution in [0.5, 0.6) is 0 Å². The Morgan fingerprint density at radius 2 is 2.00 bits per heavy atom. The number of hydrogen-bond donors (Lipinski definition) is 2. The van der Waals surface area contributed by atoms with Gasteiger partial charge in [0.25, 0.3) is 0 Å². The van der Waals surface area contributed by atoms with Crippen LogP contribution in [-0.4, -0.2) is 42.7 Å². The van der Waals surface area contributed by atoms with E-state index in [2.05, 4.69) is 36.7 Å². The van der Waals surface area contributed by atoms with Crippen LogP contribution < -0.4 is 5.32 Å². The second kappa shape index (κ2) is 9.34. The van der Waals surface area contributed by atoms with Crippen LogP contribution in [0.4, 0.5) is 0 Å². The lowest BCUT2D eigenvalue weighted by atomic mass is 10.3. The summed E-state index contributed by atoms with van der Waals surface area (Å²) in [6.45, 7) is 8.32. The van der Waals surface area contributed by atoms with Gasteiger partial charge < -0.3 is 10.2 Å². The van der Waals surface area contributed by atoms with Crippen molar-refractivity contribution >= 4 is 18.5 Å². The van der Waals surface area contributed by atoms with E-state index in [1.165, 1.54) is 0 Å². The molecule has 0 aliphatic rings. The molecule has 0 aromatic rings. The van der Waals surface area contributed by atoms with Crippen molar-refractivity contribution in [1.29, 1.82) is 0 Å². The third-order valence-corrected chi connectivity index (χ3v) is 2.43. The van der Waals surface area contributed by atoms with E-state index < -0.39 is 0 Å². The molecule has 0 unspecified atom stereocenters. The average molecular weight is 218 g/mol. The Morgan fingerprint density at radius 1 is 1.36 bits per heavy atom. The van der Waals surface area contributed by atoms with Crippen LogP contribution >= 0.6 is 12.6 Å². The lowest BCUT2D eigenvalue weighted by molar-refractivity contribution is -0.120. The average Bonchev–Trinajstić information content (AvgIpc) is 2.19. The van der Waals surface area contributed by atoms with Crippen molar-refractivity contribution in [2.24, 2.45) is 0 Å². The SMILES string of the molecule is CCN(CC)CCCNC(=O)CCS. The molecule has 0 aliphatic carbocycles. The van der Waals surface area contributed by atoms with Crippen molar-refractivity contribution in [3.8, 4) is 0 Å². The molecule has 0 rings (SSSR count). The minimum atomic E-state index is 0.111. The summed E-state index contributed by atoms with van der Waals surface area (Å²) in [6, 6.07) is 0. The van der Waals surface area contributed by atoms with Gasteiger partial charge >= 0.3 is 0 Å². The molecule has 0 saturated heterocycles. The van der Waals surface area contributed by atoms with Crippen molar-refractivity contribution in [3.05, 3.63) is 0 Å². The Bertz CT molecular complexity index is 149. The molecular formula is C10H22N2OS. The number of nitrogens with zero attached hydrogens (tertiary/aromatic N) is 1. The lowest BCUT2D eigenvalue weighted by Crippen LogP contribution is -2.29. The Balaban J connectivity index is 3.32. The van der Waals surface area contributed by atoms with Gasteiger partial charge in [-0.2, -0.15) is 12.6 Å². The van der Waals surface area contributed by atoms with E-state index in [-0.39, 0.29) is 5.91 Å². The Labute approximate surface area is 92.7 Å². The maximum atomic E-state index is 11.1. The molecule has 0 aliphatic heterocycles. The highest BCUT2D eigenvalue weighted by atomic mass is 32.1. The molecule has 0 fully saturated rings. The Hall–Kier alpha value is -0.220. The second-order valence-electron chi connectivity index (χ2n) is 3.20. The topological polar surface area (TPSA) is 32.3 Å². The summed E-state index contributed by atoms with van der Waals surface area (Å²) in [5.41, 5.74) is 0. The highest BCUT2D eigenvalue weighted by molar-refractivity contribution is 7.80. The first kappa shape index (κ1) is 13.8. The molecule has 0 spiro atoms. The summed E-state index contributed by atoms with van der Waals surface area (Å²) >= 11 is 4.00. The van der Waals surface area contributed by atoms with Crippen LogP contribution in [0.15, 0.2) is 0 Å². The molecule has 1 amide bonds. The summed E-state index contributed by atoms with van der Waals surface area (Å²) in [4.78, 5) is 13.4. The monoisotopic (exact) mass is 218 g/mol. The minimum absolute atomic E-state index is 0.111. The number of nitrogens with one attached hydrogen (secondary N) is 1. The summed E-state index contributed by atoms with van der Waals surface area (Å²) in [7, 11) is 0. The molecule has 0 heterocycles. The van der Waals surface area contributed by atoms with E-state index in [1.54, 1.807) is 0 Å². The first-order valence-electron chi connectivity index (χ1n) is 5.34. The molecule has 1 N–H and O–H groups in total. The molecule has 3 nitrogen and oxygen atoms in total. The van der Waals surface area contributed by atoms with Crippen LogP contribution in [-0.2, 0) is 4.79 Å². The summed E-state index contributed by atoms with van der Waals surface area (Å²) in [6.07, 6.45) is 1.55. The molecule has 14 heavy (non-hydrogen) atoms. The fraction of sp³-hybridized carbons (Fsp3) is 0.900. The van der Waals surface area contributed by atoms with Gasteiger partial charge in [0, 0.05) is 13.0 Å². The number of thiol groups is 1. The van der Waals surface area contributed by atoms with E-state index >= 15 is 0 Å². The van der Waals surface area contributed by atoms with Crippen LogP contribution in [0.2, 0.25) is 0 Å². The van der Waals surface area contributed by atoms with E-state index in [0.717, 1.165) is 32.6 Å². The third kappa shape index (κ3) is 7.21. The van der Waals surface area contributed by atoms with E-state index in [9.17, 15) is 4.79 Å². The van der Waals surface area contributed by atoms with Gasteiger partial charge in [-0.1, -0.05) is 13.8 Å². The lowest BCUT2D eigenvalue weighted by Gasteiger charge is -2.17. The fourth-order valence-corrected chi connectivity index (χ4v) is 1.46. The van der Waals surface area contributed by atoms with Gasteiger partial charge in [0.2, 0.25) is 5.91 Å². The van der Waals surface area contributed by atoms with Crippen molar-refractivity contribution in [3.63, 3.8) is 0 Å². The molecule has 84 valence electrons. The normalized spacial score (nSPS) is 10.6. The second-order valence-corrected chi connectivity index (χ2v) is 3.65. The van der Waals surface area contributed by atoms with Gasteiger partial charge in [0.1, 0.15) is 0 Å². The van der Waals surface area contributed by atoms with E-state index in [4.69, 9.17) is 0 Å². The zero-order valence-corrected chi connectivity index (χ0v) is 10.1. The molecule has 0 bridgehead atoms. The molecule has 0 saturated carbocycles. The van der Waals surface area contributed by atoms with Crippen LogP contribution in [0.1, 0.15) is 26.7 Å². The van der Waals surface area contributed by atoms with Crippen LogP contribution in [0, 0.1) is 0 Å². The van der Waals surface area contributed by atoms with Crippen molar-refractivity contribution in [2.75, 3.05) is 31.9 Å². The predicted molar refractivity (Wildman–Crippen MR) is 63.9 cm³/mol. The van der Waals surface area contributed by atoms with Crippen molar-refractivity contribution < 1.29 is 4.79 Å². The van der Waals surface area contributed by atoms with Crippen LogP contribution in [0.25, 0.3) is 0 Å². The number of amides is 1. The van der Waals surface area contributed by atoms with Crippen molar-refractivity contribution in [2.45, 2.75) is 26.7 Å². The first-order chi connectivity index (χ1) is 6.74. The maximum Gasteiger partial charge on any atom is 0.220 e. The smallest absolute Gasteiger partial charge is 0.220 e. The Kier molecular flexibility index (Phi) is 9.19. The van der Waals surface area contributed by atoms with E-state index in [1.807, 2.05) is 0 Å². The number of carbonyl (C=O) groups excluding carboxylic acids is 1. The number of rotatable bonds is 8. The molecular weight excluding hydrogens is 196 g/mol. The molecule has 4 heteroatoms. The zero-order valence-electron chi connectivity index (χ0n) is 9.25. The fourth-order valence-electron chi connectivity index (χ4n) is 1.26. The van der Waals surface area contributed by atoms with Crippen molar-refractivity contribution in [1.82, 2.24) is 10.2 Å². The third-order valence-electron chi connectivity index (χ3n) is 2.21. The van der Waals surface area contributed by atoms with E-state index in [0.29, 0.717) is 12.2 Å². The largest absolute Gasteiger partial charge is 0.356 e. The van der Waals surface area contributed by atoms with Crippen LogP contribution in [0.3, 0.4) is 0 Å². The van der Waals surface area contributed by atoms with Gasteiger partial charge in [-0.25, -0.2) is 0 Å². The summed E-state index contributed by atoms with van der Waals surface area (Å²) < 4.78 is 0. The first-order valence-corrected chi connectivity index (χ1v) is 5.97. The van der Waals surface area contributed by atoms with Gasteiger partial charge in [-0.05, 0) is 31.8 Å². The van der Waals surface area contributed by atoms with Gasteiger partial charge in [0.05, 0.1) is 0 Å². The van der Waals surface area contributed by atoms with Gasteiger partial charge in [0.15, 0.2) is 0 Å². The number of hydrogen-bond acceptors (Lipinski definition) is 3.